The molecule has 1 fully saturated rings. The van der Waals surface area contributed by atoms with Crippen LogP contribution in [-0.2, 0) is 4.79 Å². The molecule has 0 bridgehead atoms. The molecule has 1 aromatic rings. The Balaban J connectivity index is 0.00000200. The number of methoxy groups -OCH3 is 1. The first-order chi connectivity index (χ1) is 9.24. The highest BCUT2D eigenvalue weighted by Crippen LogP contribution is 2.30. The molecule has 6 heteroatoms. The van der Waals surface area contributed by atoms with E-state index in [4.69, 9.17) is 9.47 Å². The van der Waals surface area contributed by atoms with Gasteiger partial charge in [0.1, 0.15) is 0 Å². The second-order valence-electron chi connectivity index (χ2n) is 4.44. The Hall–Kier alpha value is -1.46. The smallest absolute Gasteiger partial charge is 0.241 e. The Kier molecular flexibility index (Phi) is 6.61. The van der Waals surface area contributed by atoms with Crippen molar-refractivity contribution < 1.29 is 14.3 Å². The predicted molar refractivity (Wildman–Crippen MR) is 81.1 cm³/mol. The van der Waals surface area contributed by atoms with E-state index in [-0.39, 0.29) is 24.4 Å². The Bertz CT molecular complexity index is 448. The van der Waals surface area contributed by atoms with Crippen LogP contribution in [0.15, 0.2) is 18.2 Å². The zero-order chi connectivity index (χ0) is 13.7. The maximum Gasteiger partial charge on any atom is 0.241 e. The van der Waals surface area contributed by atoms with Crippen molar-refractivity contribution in [2.24, 2.45) is 0 Å². The van der Waals surface area contributed by atoms with Crippen LogP contribution in [0.2, 0.25) is 0 Å². The van der Waals surface area contributed by atoms with Crippen molar-refractivity contribution in [3.8, 4) is 11.5 Å². The van der Waals surface area contributed by atoms with Crippen molar-refractivity contribution in [1.29, 1.82) is 0 Å². The summed E-state index contributed by atoms with van der Waals surface area (Å²) in [6, 6.07) is 5.31. The van der Waals surface area contributed by atoms with Crippen molar-refractivity contribution in [2.75, 3.05) is 25.6 Å². The molecule has 2 rings (SSSR count). The number of benzene rings is 1. The molecule has 1 aliphatic rings. The van der Waals surface area contributed by atoms with Crippen molar-refractivity contribution in [2.45, 2.75) is 25.8 Å². The minimum Gasteiger partial charge on any atom is -0.493 e. The highest BCUT2D eigenvalue weighted by atomic mass is 35.5. The second kappa shape index (κ2) is 7.97. The maximum absolute atomic E-state index is 12.0. The molecule has 1 aromatic carbocycles. The molecular formula is C14H21ClN2O3. The molecule has 1 heterocycles. The number of halogens is 1. The zero-order valence-electron chi connectivity index (χ0n) is 11.8. The molecule has 1 amide bonds. The van der Waals surface area contributed by atoms with Crippen LogP contribution in [0, 0.1) is 0 Å². The molecule has 0 aliphatic carbocycles. The molecule has 5 nitrogen and oxygen atoms in total. The van der Waals surface area contributed by atoms with Crippen LogP contribution in [-0.4, -0.2) is 32.2 Å². The molecule has 0 spiro atoms. The van der Waals surface area contributed by atoms with Crippen LogP contribution >= 0.6 is 12.4 Å². The fraction of sp³-hybridized carbons (Fsp3) is 0.500. The van der Waals surface area contributed by atoms with Gasteiger partial charge in [0, 0.05) is 11.8 Å². The van der Waals surface area contributed by atoms with Gasteiger partial charge in [0.25, 0.3) is 0 Å². The van der Waals surface area contributed by atoms with E-state index in [1.165, 1.54) is 0 Å². The lowest BCUT2D eigenvalue weighted by atomic mass is 10.2. The van der Waals surface area contributed by atoms with E-state index in [9.17, 15) is 4.79 Å². The summed E-state index contributed by atoms with van der Waals surface area (Å²) in [5, 5.41) is 6.07. The van der Waals surface area contributed by atoms with Gasteiger partial charge < -0.3 is 20.1 Å². The lowest BCUT2D eigenvalue weighted by molar-refractivity contribution is -0.117. The summed E-state index contributed by atoms with van der Waals surface area (Å²) < 4.78 is 10.7. The van der Waals surface area contributed by atoms with E-state index >= 15 is 0 Å². The van der Waals surface area contributed by atoms with E-state index in [0.29, 0.717) is 18.1 Å². The highest BCUT2D eigenvalue weighted by Gasteiger charge is 2.22. The summed E-state index contributed by atoms with van der Waals surface area (Å²) in [5.74, 6) is 1.31. The van der Waals surface area contributed by atoms with E-state index < -0.39 is 0 Å². The van der Waals surface area contributed by atoms with E-state index in [1.54, 1.807) is 19.2 Å². The molecule has 0 aromatic heterocycles. The molecule has 1 atom stereocenters. The number of nitrogens with one attached hydrogen (secondary N) is 2. The van der Waals surface area contributed by atoms with Crippen LogP contribution < -0.4 is 20.1 Å². The van der Waals surface area contributed by atoms with E-state index in [2.05, 4.69) is 10.6 Å². The minimum absolute atomic E-state index is 0. The van der Waals surface area contributed by atoms with Gasteiger partial charge in [-0.2, -0.15) is 0 Å². The standard InChI is InChI=1S/C14H20N2O3.ClH/c1-3-19-13-9-10(6-7-12(13)18-2)16-14(17)11-5-4-8-15-11;/h6-7,9,11,15H,3-5,8H2,1-2H3,(H,16,17);1H. The summed E-state index contributed by atoms with van der Waals surface area (Å²) in [6.07, 6.45) is 1.94. The number of carbonyl (C=O) groups is 1. The zero-order valence-corrected chi connectivity index (χ0v) is 12.6. The van der Waals surface area contributed by atoms with Gasteiger partial charge in [-0.3, -0.25) is 4.79 Å². The van der Waals surface area contributed by atoms with Crippen molar-refractivity contribution in [1.82, 2.24) is 5.32 Å². The molecular weight excluding hydrogens is 280 g/mol. The first-order valence-electron chi connectivity index (χ1n) is 6.59. The third-order valence-electron chi connectivity index (χ3n) is 3.11. The Morgan fingerprint density at radius 1 is 1.45 bits per heavy atom. The summed E-state index contributed by atoms with van der Waals surface area (Å²) >= 11 is 0. The van der Waals surface area contributed by atoms with Gasteiger partial charge in [-0.1, -0.05) is 0 Å². The fourth-order valence-electron chi connectivity index (χ4n) is 2.16. The number of carbonyl (C=O) groups excluding carboxylic acids is 1. The average Bonchev–Trinajstić information content (AvgIpc) is 2.93. The van der Waals surface area contributed by atoms with Gasteiger partial charge >= 0.3 is 0 Å². The molecule has 1 saturated heterocycles. The number of rotatable bonds is 5. The van der Waals surface area contributed by atoms with E-state index in [0.717, 1.165) is 25.1 Å². The predicted octanol–water partition coefficient (Wildman–Crippen LogP) is 2.21. The summed E-state index contributed by atoms with van der Waals surface area (Å²) in [7, 11) is 1.60. The Morgan fingerprint density at radius 2 is 2.25 bits per heavy atom. The van der Waals surface area contributed by atoms with Crippen molar-refractivity contribution >= 4 is 24.0 Å². The van der Waals surface area contributed by atoms with Crippen LogP contribution in [0.25, 0.3) is 0 Å². The van der Waals surface area contributed by atoms with Crippen LogP contribution in [0.4, 0.5) is 5.69 Å². The Morgan fingerprint density at radius 3 is 2.85 bits per heavy atom. The van der Waals surface area contributed by atoms with Gasteiger partial charge in [0.05, 0.1) is 19.8 Å². The Labute approximate surface area is 125 Å². The maximum atomic E-state index is 12.0. The molecule has 0 radical (unpaired) electrons. The highest BCUT2D eigenvalue weighted by molar-refractivity contribution is 5.95. The number of ether oxygens (including phenoxy) is 2. The number of anilines is 1. The van der Waals surface area contributed by atoms with Crippen LogP contribution in [0.1, 0.15) is 19.8 Å². The topological polar surface area (TPSA) is 59.6 Å². The number of hydrogen-bond donors (Lipinski definition) is 2. The third-order valence-corrected chi connectivity index (χ3v) is 3.11. The normalized spacial score (nSPS) is 17.2. The van der Waals surface area contributed by atoms with Gasteiger partial charge in [-0.15, -0.1) is 12.4 Å². The summed E-state index contributed by atoms with van der Waals surface area (Å²) in [6.45, 7) is 3.37. The first-order valence-corrected chi connectivity index (χ1v) is 6.59. The van der Waals surface area contributed by atoms with Gasteiger partial charge in [0.15, 0.2) is 11.5 Å². The first kappa shape index (κ1) is 16.6. The van der Waals surface area contributed by atoms with Crippen LogP contribution in [0.3, 0.4) is 0 Å². The largest absolute Gasteiger partial charge is 0.493 e. The summed E-state index contributed by atoms with van der Waals surface area (Å²) in [4.78, 5) is 12.0. The molecule has 112 valence electrons. The minimum atomic E-state index is -0.0855. The monoisotopic (exact) mass is 300 g/mol. The van der Waals surface area contributed by atoms with E-state index in [1.807, 2.05) is 13.0 Å². The second-order valence-corrected chi connectivity index (χ2v) is 4.44. The molecule has 0 saturated carbocycles. The van der Waals surface area contributed by atoms with Crippen LogP contribution in [0.5, 0.6) is 11.5 Å². The molecule has 1 aliphatic heterocycles. The van der Waals surface area contributed by atoms with Crippen molar-refractivity contribution in [3.05, 3.63) is 18.2 Å². The SMILES string of the molecule is CCOc1cc(NC(=O)C2CCCN2)ccc1OC.Cl. The van der Waals surface area contributed by atoms with Crippen molar-refractivity contribution in [3.63, 3.8) is 0 Å². The number of amides is 1. The average molecular weight is 301 g/mol. The molecule has 1 unspecified atom stereocenters. The van der Waals surface area contributed by atoms with Gasteiger partial charge in [-0.05, 0) is 38.4 Å². The lowest BCUT2D eigenvalue weighted by Crippen LogP contribution is -2.35. The molecule has 2 N–H and O–H groups in total. The third kappa shape index (κ3) is 4.02. The number of hydrogen-bond acceptors (Lipinski definition) is 4. The summed E-state index contributed by atoms with van der Waals surface area (Å²) in [5.41, 5.74) is 0.725. The van der Waals surface area contributed by atoms with Gasteiger partial charge in [0.2, 0.25) is 5.91 Å². The fourth-order valence-corrected chi connectivity index (χ4v) is 2.16. The quantitative estimate of drug-likeness (QED) is 0.875. The van der Waals surface area contributed by atoms with Gasteiger partial charge in [-0.25, -0.2) is 0 Å². The molecule has 20 heavy (non-hydrogen) atoms. The lowest BCUT2D eigenvalue weighted by Gasteiger charge is -2.14.